The monoisotopic (exact) mass is 239 g/mol. The highest BCUT2D eigenvalue weighted by molar-refractivity contribution is 5.39. The van der Waals surface area contributed by atoms with Gasteiger partial charge in [0.05, 0.1) is 19.3 Å². The third-order valence-corrected chi connectivity index (χ3v) is 3.22. The number of rotatable bonds is 5. The normalized spacial score (nSPS) is 16.9. The fraction of sp³-hybridized carbons (Fsp3) is 0.538. The Labute approximate surface area is 101 Å². The van der Waals surface area contributed by atoms with Crippen molar-refractivity contribution in [2.45, 2.75) is 31.4 Å². The van der Waals surface area contributed by atoms with Crippen molar-refractivity contribution in [3.8, 4) is 5.75 Å². The lowest BCUT2D eigenvalue weighted by molar-refractivity contribution is 0.177. The second kappa shape index (κ2) is 4.63. The van der Waals surface area contributed by atoms with Crippen molar-refractivity contribution in [2.75, 3.05) is 14.2 Å². The van der Waals surface area contributed by atoms with E-state index in [-0.39, 0.29) is 18.0 Å². The van der Waals surface area contributed by atoms with Crippen molar-refractivity contribution in [1.29, 1.82) is 0 Å². The fourth-order valence-corrected chi connectivity index (χ4v) is 1.98. The van der Waals surface area contributed by atoms with E-state index in [9.17, 15) is 4.39 Å². The van der Waals surface area contributed by atoms with Crippen molar-refractivity contribution >= 4 is 0 Å². The molecular formula is C13H18FNO2. The van der Waals surface area contributed by atoms with E-state index < -0.39 is 0 Å². The summed E-state index contributed by atoms with van der Waals surface area (Å²) in [6.07, 6.45) is 2.52. The van der Waals surface area contributed by atoms with Gasteiger partial charge in [0.15, 0.2) is 0 Å². The average molecular weight is 239 g/mol. The average Bonchev–Trinajstić information content (AvgIpc) is 3.03. The maximum atomic E-state index is 14.2. The van der Waals surface area contributed by atoms with Crippen molar-refractivity contribution in [3.63, 3.8) is 0 Å². The molecule has 0 atom stereocenters. The summed E-state index contributed by atoms with van der Waals surface area (Å²) in [5.41, 5.74) is 6.94. The van der Waals surface area contributed by atoms with Gasteiger partial charge in [-0.1, -0.05) is 6.07 Å². The Morgan fingerprint density at radius 3 is 2.59 bits per heavy atom. The highest BCUT2D eigenvalue weighted by Gasteiger charge is 2.39. The number of hydrogen-bond acceptors (Lipinski definition) is 3. The highest BCUT2D eigenvalue weighted by Crippen LogP contribution is 2.37. The van der Waals surface area contributed by atoms with Crippen LogP contribution >= 0.6 is 0 Å². The maximum absolute atomic E-state index is 14.2. The first-order valence-corrected chi connectivity index (χ1v) is 5.72. The molecular weight excluding hydrogens is 221 g/mol. The van der Waals surface area contributed by atoms with Crippen LogP contribution in [0.2, 0.25) is 0 Å². The summed E-state index contributed by atoms with van der Waals surface area (Å²) in [5.74, 6) is 0.276. The minimum absolute atomic E-state index is 0.195. The molecule has 0 aliphatic heterocycles. The molecule has 0 aromatic heterocycles. The van der Waals surface area contributed by atoms with Gasteiger partial charge in [-0.2, -0.15) is 0 Å². The summed E-state index contributed by atoms with van der Waals surface area (Å²) in [5, 5.41) is 0. The zero-order chi connectivity index (χ0) is 12.5. The van der Waals surface area contributed by atoms with E-state index in [1.165, 1.54) is 14.2 Å². The molecule has 2 rings (SSSR count). The molecule has 1 aliphatic carbocycles. The molecule has 0 spiro atoms. The summed E-state index contributed by atoms with van der Waals surface area (Å²) >= 11 is 0. The Morgan fingerprint density at radius 2 is 2.06 bits per heavy atom. The van der Waals surface area contributed by atoms with Crippen molar-refractivity contribution in [1.82, 2.24) is 0 Å². The molecule has 17 heavy (non-hydrogen) atoms. The van der Waals surface area contributed by atoms with Gasteiger partial charge in [0.2, 0.25) is 0 Å². The van der Waals surface area contributed by atoms with Crippen molar-refractivity contribution < 1.29 is 13.9 Å². The van der Waals surface area contributed by atoms with E-state index in [4.69, 9.17) is 15.2 Å². The molecule has 3 nitrogen and oxygen atoms in total. The second-order valence-corrected chi connectivity index (χ2v) is 4.69. The van der Waals surface area contributed by atoms with Gasteiger partial charge >= 0.3 is 0 Å². The summed E-state index contributed by atoms with van der Waals surface area (Å²) < 4.78 is 24.4. The topological polar surface area (TPSA) is 44.5 Å². The molecule has 1 aromatic carbocycles. The van der Waals surface area contributed by atoms with E-state index in [1.54, 1.807) is 12.1 Å². The second-order valence-electron chi connectivity index (χ2n) is 4.69. The summed E-state index contributed by atoms with van der Waals surface area (Å²) in [6, 6.07) is 3.53. The summed E-state index contributed by atoms with van der Waals surface area (Å²) in [7, 11) is 3.07. The van der Waals surface area contributed by atoms with E-state index in [0.717, 1.165) is 12.8 Å². The Bertz CT molecular complexity index is 416. The number of hydrogen-bond donors (Lipinski definition) is 1. The third-order valence-electron chi connectivity index (χ3n) is 3.22. The van der Waals surface area contributed by atoms with Crippen LogP contribution in [-0.2, 0) is 17.8 Å². The predicted octanol–water partition coefficient (Wildman–Crippen LogP) is 2.01. The van der Waals surface area contributed by atoms with Gasteiger partial charge in [0, 0.05) is 12.6 Å². The van der Waals surface area contributed by atoms with Crippen LogP contribution in [0.25, 0.3) is 0 Å². The zero-order valence-electron chi connectivity index (χ0n) is 10.3. The molecule has 1 aromatic rings. The molecule has 4 heteroatoms. The fourth-order valence-electron chi connectivity index (χ4n) is 1.98. The number of halogens is 1. The van der Waals surface area contributed by atoms with Gasteiger partial charge in [0.25, 0.3) is 0 Å². The zero-order valence-corrected chi connectivity index (χ0v) is 10.3. The van der Waals surface area contributed by atoms with Crippen molar-refractivity contribution in [2.24, 2.45) is 5.73 Å². The van der Waals surface area contributed by atoms with Crippen LogP contribution in [0.4, 0.5) is 4.39 Å². The first-order valence-electron chi connectivity index (χ1n) is 5.72. The van der Waals surface area contributed by atoms with Crippen LogP contribution in [0.15, 0.2) is 12.1 Å². The molecule has 0 bridgehead atoms. The predicted molar refractivity (Wildman–Crippen MR) is 63.5 cm³/mol. The molecule has 1 aliphatic rings. The maximum Gasteiger partial charge on any atom is 0.135 e. The molecule has 0 heterocycles. The highest BCUT2D eigenvalue weighted by atomic mass is 19.1. The molecule has 0 unspecified atom stereocenters. The van der Waals surface area contributed by atoms with Crippen LogP contribution in [-0.4, -0.2) is 19.8 Å². The molecule has 0 saturated heterocycles. The van der Waals surface area contributed by atoms with E-state index in [1.807, 2.05) is 0 Å². The number of ether oxygens (including phenoxy) is 2. The van der Waals surface area contributed by atoms with Gasteiger partial charge in [-0.3, -0.25) is 0 Å². The Morgan fingerprint density at radius 1 is 1.35 bits per heavy atom. The minimum atomic E-state index is -0.247. The first kappa shape index (κ1) is 12.3. The van der Waals surface area contributed by atoms with Gasteiger partial charge in [-0.15, -0.1) is 0 Å². The standard InChI is InChI=1S/C13H18FNO2/c1-16-8-10-11(17-2)4-3-9(12(10)14)7-13(15)5-6-13/h3-4H,5-8,15H2,1-2H3. The lowest BCUT2D eigenvalue weighted by Crippen LogP contribution is -2.25. The Hall–Kier alpha value is -1.13. The van der Waals surface area contributed by atoms with Crippen molar-refractivity contribution in [3.05, 3.63) is 29.1 Å². The molecule has 94 valence electrons. The summed E-state index contributed by atoms with van der Waals surface area (Å²) in [4.78, 5) is 0. The minimum Gasteiger partial charge on any atom is -0.496 e. The number of nitrogens with two attached hydrogens (primary N) is 1. The van der Waals surface area contributed by atoms with Crippen LogP contribution in [0, 0.1) is 5.82 Å². The van der Waals surface area contributed by atoms with Gasteiger partial charge in [-0.05, 0) is 30.9 Å². The van der Waals surface area contributed by atoms with E-state index in [2.05, 4.69) is 0 Å². The van der Waals surface area contributed by atoms with Crippen LogP contribution in [0.3, 0.4) is 0 Å². The first-order chi connectivity index (χ1) is 8.09. The summed E-state index contributed by atoms with van der Waals surface area (Å²) in [6.45, 7) is 0.209. The third kappa shape index (κ3) is 2.58. The van der Waals surface area contributed by atoms with Crippen LogP contribution in [0.5, 0.6) is 5.75 Å². The lowest BCUT2D eigenvalue weighted by atomic mass is 10.0. The molecule has 2 N–H and O–H groups in total. The molecule has 1 saturated carbocycles. The van der Waals surface area contributed by atoms with Gasteiger partial charge in [-0.25, -0.2) is 4.39 Å². The Kier molecular flexibility index (Phi) is 3.35. The van der Waals surface area contributed by atoms with E-state index in [0.29, 0.717) is 23.3 Å². The Balaban J connectivity index is 2.30. The molecule has 0 radical (unpaired) electrons. The molecule has 1 fully saturated rings. The van der Waals surface area contributed by atoms with E-state index >= 15 is 0 Å². The quantitative estimate of drug-likeness (QED) is 0.855. The molecule has 0 amide bonds. The van der Waals surface area contributed by atoms with Crippen LogP contribution < -0.4 is 10.5 Å². The SMILES string of the molecule is COCc1c(OC)ccc(CC2(N)CC2)c1F. The van der Waals surface area contributed by atoms with Gasteiger partial charge < -0.3 is 15.2 Å². The number of methoxy groups -OCH3 is 2. The number of benzene rings is 1. The van der Waals surface area contributed by atoms with Crippen LogP contribution in [0.1, 0.15) is 24.0 Å². The van der Waals surface area contributed by atoms with Gasteiger partial charge in [0.1, 0.15) is 11.6 Å². The lowest BCUT2D eigenvalue weighted by Gasteiger charge is -2.14. The smallest absolute Gasteiger partial charge is 0.135 e. The largest absolute Gasteiger partial charge is 0.496 e.